The first-order valence-corrected chi connectivity index (χ1v) is 4.98. The number of hydrogen-bond acceptors (Lipinski definition) is 5. The predicted octanol–water partition coefficient (Wildman–Crippen LogP) is 0.979. The van der Waals surface area contributed by atoms with Gasteiger partial charge in [-0.3, -0.25) is 4.98 Å². The number of nitriles is 1. The van der Waals surface area contributed by atoms with Crippen molar-refractivity contribution in [2.75, 3.05) is 5.08 Å². The average molecular weight is 199 g/mol. The summed E-state index contributed by atoms with van der Waals surface area (Å²) in [4.78, 5) is 3.79. The second kappa shape index (κ2) is 4.85. The quantitative estimate of drug-likeness (QED) is 0.181. The van der Waals surface area contributed by atoms with Gasteiger partial charge in [0.1, 0.15) is 11.6 Å². The number of rotatable bonds is 3. The van der Waals surface area contributed by atoms with Gasteiger partial charge in [-0.15, -0.1) is 0 Å². The summed E-state index contributed by atoms with van der Waals surface area (Å²) in [6.07, 6.45) is 4.24. The SMILES string of the molecule is N#CSCSc1cncc[n+]1[O-]. The minimum atomic E-state index is 0.514. The van der Waals surface area contributed by atoms with Crippen molar-refractivity contribution < 1.29 is 4.73 Å². The van der Waals surface area contributed by atoms with E-state index in [1.807, 2.05) is 5.40 Å². The van der Waals surface area contributed by atoms with E-state index >= 15 is 0 Å². The molecule has 0 bridgehead atoms. The van der Waals surface area contributed by atoms with Crippen LogP contribution in [0, 0.1) is 15.9 Å². The van der Waals surface area contributed by atoms with E-state index in [-0.39, 0.29) is 0 Å². The van der Waals surface area contributed by atoms with Crippen LogP contribution in [0.2, 0.25) is 0 Å². The molecule has 0 saturated heterocycles. The maximum absolute atomic E-state index is 11.0. The summed E-state index contributed by atoms with van der Waals surface area (Å²) in [6, 6.07) is 0. The highest BCUT2D eigenvalue weighted by Gasteiger charge is 2.03. The van der Waals surface area contributed by atoms with Crippen molar-refractivity contribution in [3.05, 3.63) is 23.8 Å². The van der Waals surface area contributed by atoms with E-state index in [9.17, 15) is 5.21 Å². The van der Waals surface area contributed by atoms with Crippen LogP contribution in [0.1, 0.15) is 0 Å². The maximum atomic E-state index is 11.0. The molecule has 1 aromatic heterocycles. The Kier molecular flexibility index (Phi) is 3.70. The lowest BCUT2D eigenvalue weighted by Crippen LogP contribution is -2.28. The first kappa shape index (κ1) is 9.16. The topological polar surface area (TPSA) is 63.6 Å². The molecule has 0 atom stereocenters. The molecule has 0 fully saturated rings. The lowest BCUT2D eigenvalue weighted by molar-refractivity contribution is -0.646. The van der Waals surface area contributed by atoms with Crippen molar-refractivity contribution >= 4 is 23.5 Å². The molecule has 0 aliphatic heterocycles. The standard InChI is InChI=1S/C6H5N3OS2/c7-4-11-5-12-6-3-8-1-2-9(6)10/h1-3H,5H2. The van der Waals surface area contributed by atoms with Gasteiger partial charge < -0.3 is 5.21 Å². The Morgan fingerprint density at radius 1 is 1.75 bits per heavy atom. The lowest BCUT2D eigenvalue weighted by atomic mass is 10.8. The van der Waals surface area contributed by atoms with E-state index < -0.39 is 0 Å². The fraction of sp³-hybridized carbons (Fsp3) is 0.167. The van der Waals surface area contributed by atoms with Crippen molar-refractivity contribution in [1.29, 1.82) is 5.26 Å². The van der Waals surface area contributed by atoms with Gasteiger partial charge in [-0.05, 0) is 23.5 Å². The molecule has 0 unspecified atom stereocenters. The minimum absolute atomic E-state index is 0.514. The van der Waals surface area contributed by atoms with Gasteiger partial charge >= 0.3 is 0 Å². The number of thioether (sulfide) groups is 2. The molecule has 1 rings (SSSR count). The number of thiocyanates is 1. The third-order valence-corrected chi connectivity index (χ3v) is 2.67. The van der Waals surface area contributed by atoms with E-state index in [2.05, 4.69) is 4.98 Å². The Labute approximate surface area is 78.2 Å². The summed E-state index contributed by atoms with van der Waals surface area (Å²) in [7, 11) is 0. The van der Waals surface area contributed by atoms with Crippen LogP contribution >= 0.6 is 23.5 Å². The third-order valence-electron chi connectivity index (χ3n) is 1.02. The zero-order valence-electron chi connectivity index (χ0n) is 6.01. The van der Waals surface area contributed by atoms with E-state index in [0.29, 0.717) is 10.1 Å². The zero-order valence-corrected chi connectivity index (χ0v) is 7.64. The van der Waals surface area contributed by atoms with Crippen molar-refractivity contribution in [2.24, 2.45) is 0 Å². The van der Waals surface area contributed by atoms with Crippen LogP contribution in [-0.2, 0) is 0 Å². The minimum Gasteiger partial charge on any atom is -0.618 e. The second-order valence-electron chi connectivity index (χ2n) is 1.74. The first-order valence-electron chi connectivity index (χ1n) is 3.01. The molecule has 0 aliphatic carbocycles. The molecule has 0 radical (unpaired) electrons. The van der Waals surface area contributed by atoms with Crippen molar-refractivity contribution in [3.8, 4) is 5.40 Å². The molecule has 12 heavy (non-hydrogen) atoms. The number of aromatic nitrogens is 2. The predicted molar refractivity (Wildman–Crippen MR) is 47.1 cm³/mol. The van der Waals surface area contributed by atoms with Gasteiger partial charge in [-0.25, -0.2) is 0 Å². The molecule has 0 saturated carbocycles. The van der Waals surface area contributed by atoms with Gasteiger partial charge in [0.25, 0.3) is 5.03 Å². The van der Waals surface area contributed by atoms with Gasteiger partial charge in [0.15, 0.2) is 6.20 Å². The van der Waals surface area contributed by atoms with Crippen LogP contribution in [0.25, 0.3) is 0 Å². The summed E-state index contributed by atoms with van der Waals surface area (Å²) >= 11 is 2.40. The molecule has 62 valence electrons. The van der Waals surface area contributed by atoms with Crippen LogP contribution in [0.4, 0.5) is 0 Å². The van der Waals surface area contributed by atoms with Crippen LogP contribution in [0.3, 0.4) is 0 Å². The molecule has 4 nitrogen and oxygen atoms in total. The highest BCUT2D eigenvalue weighted by Crippen LogP contribution is 2.16. The van der Waals surface area contributed by atoms with Crippen LogP contribution in [-0.4, -0.2) is 10.1 Å². The van der Waals surface area contributed by atoms with Gasteiger partial charge in [0.2, 0.25) is 0 Å². The molecule has 1 heterocycles. The molecule has 0 aromatic carbocycles. The Hall–Kier alpha value is -0.930. The average Bonchev–Trinajstić information content (AvgIpc) is 2.09. The molecule has 6 heteroatoms. The molecule has 0 N–H and O–H groups in total. The smallest absolute Gasteiger partial charge is 0.270 e. The number of nitrogens with zero attached hydrogens (tertiary/aromatic N) is 3. The Morgan fingerprint density at radius 3 is 3.25 bits per heavy atom. The van der Waals surface area contributed by atoms with Crippen molar-refractivity contribution in [2.45, 2.75) is 5.03 Å². The van der Waals surface area contributed by atoms with E-state index in [1.54, 1.807) is 0 Å². The van der Waals surface area contributed by atoms with E-state index in [0.717, 1.165) is 16.5 Å². The molecular formula is C6H5N3OS2. The number of hydrogen-bond donors (Lipinski definition) is 0. The van der Waals surface area contributed by atoms with Crippen LogP contribution in [0.15, 0.2) is 23.6 Å². The lowest BCUT2D eigenvalue weighted by Gasteiger charge is -1.99. The Bertz CT molecular complexity index is 299. The first-order chi connectivity index (χ1) is 5.84. The maximum Gasteiger partial charge on any atom is 0.270 e. The molecule has 0 aliphatic rings. The highest BCUT2D eigenvalue weighted by atomic mass is 32.2. The molecule has 1 aromatic rings. The van der Waals surface area contributed by atoms with Crippen molar-refractivity contribution in [1.82, 2.24) is 4.98 Å². The molecular weight excluding hydrogens is 194 g/mol. The summed E-state index contributed by atoms with van der Waals surface area (Å²) in [6.45, 7) is 0. The van der Waals surface area contributed by atoms with E-state index in [1.165, 1.54) is 30.4 Å². The van der Waals surface area contributed by atoms with Crippen LogP contribution < -0.4 is 4.73 Å². The third kappa shape index (κ3) is 2.60. The largest absolute Gasteiger partial charge is 0.618 e. The normalized spacial score (nSPS) is 9.25. The Balaban J connectivity index is 2.53. The summed E-state index contributed by atoms with van der Waals surface area (Å²) in [5, 5.41) is 22.2. The van der Waals surface area contributed by atoms with Gasteiger partial charge in [0.05, 0.1) is 11.3 Å². The Morgan fingerprint density at radius 2 is 2.58 bits per heavy atom. The monoisotopic (exact) mass is 199 g/mol. The summed E-state index contributed by atoms with van der Waals surface area (Å²) in [5.41, 5.74) is 0. The second-order valence-corrected chi connectivity index (χ2v) is 3.86. The summed E-state index contributed by atoms with van der Waals surface area (Å²) < 4.78 is 0.732. The molecule has 0 spiro atoms. The van der Waals surface area contributed by atoms with E-state index in [4.69, 9.17) is 5.26 Å². The van der Waals surface area contributed by atoms with Crippen LogP contribution in [0.5, 0.6) is 0 Å². The summed E-state index contributed by atoms with van der Waals surface area (Å²) in [5.74, 6) is 0. The van der Waals surface area contributed by atoms with Crippen molar-refractivity contribution in [3.63, 3.8) is 0 Å². The zero-order chi connectivity index (χ0) is 8.81. The highest BCUT2D eigenvalue weighted by molar-refractivity contribution is 8.18. The fourth-order valence-electron chi connectivity index (χ4n) is 0.553. The van der Waals surface area contributed by atoms with Gasteiger partial charge in [0, 0.05) is 0 Å². The van der Waals surface area contributed by atoms with Gasteiger partial charge in [-0.2, -0.15) is 9.99 Å². The fourth-order valence-corrected chi connectivity index (χ4v) is 1.81. The molecule has 0 amide bonds. The van der Waals surface area contributed by atoms with Gasteiger partial charge in [-0.1, -0.05) is 0 Å².